The number of nitrogens with one attached hydrogen (secondary N) is 7. The van der Waals surface area contributed by atoms with Crippen LogP contribution in [0.5, 0.6) is 0 Å². The molecule has 133 heavy (non-hydrogen) atoms. The topological polar surface area (TPSA) is 515 Å². The molecule has 5 aliphatic heterocycles. The van der Waals surface area contributed by atoms with Crippen LogP contribution in [0, 0.1) is 24.2 Å². The Bertz CT molecular complexity index is 5800. The molecule has 0 spiro atoms. The molecular weight excluding hydrogens is 1790 g/mol. The summed E-state index contributed by atoms with van der Waals surface area (Å²) in [5.41, 5.74) is 11.1. The summed E-state index contributed by atoms with van der Waals surface area (Å²) >= 11 is 3.37. The number of aromatic nitrogens is 8. The van der Waals surface area contributed by atoms with Crippen LogP contribution in [0.2, 0.25) is 0 Å². The fourth-order valence-electron chi connectivity index (χ4n) is 14.4. The van der Waals surface area contributed by atoms with Crippen LogP contribution in [0.25, 0.3) is 44.1 Å². The highest BCUT2D eigenvalue weighted by Gasteiger charge is 2.36. The van der Waals surface area contributed by atoms with Gasteiger partial charge >= 0.3 is 41.0 Å². The van der Waals surface area contributed by atoms with E-state index in [4.69, 9.17) is 50.1 Å². The number of imidazole rings is 4. The van der Waals surface area contributed by atoms with E-state index < -0.39 is 82.9 Å². The van der Waals surface area contributed by atoms with Crippen LogP contribution < -0.4 is 71.9 Å². The summed E-state index contributed by atoms with van der Waals surface area (Å²) in [6.07, 6.45) is 11.5. The molecule has 4 unspecified atom stereocenters. The molecule has 9 heterocycles. The molecule has 5 saturated heterocycles. The van der Waals surface area contributed by atoms with E-state index in [1.165, 1.54) is 44.8 Å². The molecule has 41 heteroatoms. The van der Waals surface area contributed by atoms with Gasteiger partial charge in [-0.1, -0.05) is 53.3 Å². The minimum absolute atomic E-state index is 0. The molecule has 0 bridgehead atoms. The maximum atomic E-state index is 12.8. The molecule has 40 nitrogen and oxygen atoms in total. The average Bonchev–Trinajstić information content (AvgIpc) is 1.64. The number of alkyl carbamates (subject to hydrolysis) is 3. The fourth-order valence-corrected chi connectivity index (χ4v) is 14.7. The highest BCUT2D eigenvalue weighted by Crippen LogP contribution is 2.30. The number of aryl methyl sites for hydroxylation is 6. The van der Waals surface area contributed by atoms with Crippen molar-refractivity contribution in [2.24, 2.45) is 33.9 Å². The number of ether oxygens (including phenoxy) is 8. The highest BCUT2D eigenvalue weighted by molar-refractivity contribution is 9.10. The molecule has 8 aromatic rings. The third-order valence-corrected chi connectivity index (χ3v) is 21.0. The maximum Gasteiger partial charge on any atom is 0.407 e. The number of fused-ring (bicyclic) bond motifs is 4. The predicted octanol–water partition coefficient (Wildman–Crippen LogP) is 7.06. The van der Waals surface area contributed by atoms with E-state index in [1.54, 1.807) is 98.6 Å². The van der Waals surface area contributed by atoms with E-state index in [0.29, 0.717) is 112 Å². The highest BCUT2D eigenvalue weighted by atomic mass is 79.9. The number of carbonyl (C=O) groups excluding carboxylic acids is 11. The van der Waals surface area contributed by atoms with Crippen molar-refractivity contribution in [3.05, 3.63) is 136 Å². The number of terminal acetylenes is 1. The molecule has 12 N–H and O–H groups in total. The van der Waals surface area contributed by atoms with Crippen molar-refractivity contribution in [1.82, 2.24) is 79.9 Å². The summed E-state index contributed by atoms with van der Waals surface area (Å²) in [6, 6.07) is 19.6. The molecular formula is C92H128BrN17O23. The lowest BCUT2D eigenvalue weighted by atomic mass is 10.1. The van der Waals surface area contributed by atoms with Gasteiger partial charge in [-0.3, -0.25) is 96.2 Å². The van der Waals surface area contributed by atoms with Crippen LogP contribution in [0.4, 0.5) is 14.4 Å². The summed E-state index contributed by atoms with van der Waals surface area (Å²) in [6.45, 7) is 23.0. The largest absolute Gasteiger partial charge is 0.444 e. The molecule has 4 atom stereocenters. The maximum absolute atomic E-state index is 12.8. The van der Waals surface area contributed by atoms with Crippen molar-refractivity contribution < 1.29 is 90.6 Å². The third kappa shape index (κ3) is 32.5. The van der Waals surface area contributed by atoms with Crippen molar-refractivity contribution in [1.29, 1.82) is 0 Å². The van der Waals surface area contributed by atoms with E-state index in [-0.39, 0.29) is 112 Å². The SMILES string of the molecule is C.C#CCOCCNC(=O)OC(C)(C)C.C1CCOC1.Cn1c(=O)n(C2CCC(=O)NC2=O)c2ccc(Br)cc21.Cn1c(=O)n(C2CCC(=O)NC2=O)c2ccc(C#CCOCCNC(=O)OC(C)(C)C)cc21.Cn1c(=O)n(C2CCC(=O)NC2=O)c2ccc(CCCOCCN)cc21.Cn1c(=O)n(C2CCC(=O)NC2=O)c2ccc(CCCOCCNC(=O)OC(C)(C)C)cc21.N. The Labute approximate surface area is 779 Å². The predicted molar refractivity (Wildman–Crippen MR) is 501 cm³/mol. The van der Waals surface area contributed by atoms with Gasteiger partial charge in [-0.25, -0.2) is 33.6 Å². The van der Waals surface area contributed by atoms with Crippen LogP contribution in [-0.4, -0.2) is 211 Å². The first kappa shape index (κ1) is 109. The number of carbonyl (C=O) groups is 11. The van der Waals surface area contributed by atoms with Crippen LogP contribution in [0.15, 0.2) is 96.4 Å². The molecule has 4 aromatic heterocycles. The van der Waals surface area contributed by atoms with Gasteiger partial charge in [0.05, 0.1) is 70.6 Å². The Morgan fingerprint density at radius 2 is 0.759 bits per heavy atom. The first-order chi connectivity index (χ1) is 62.1. The van der Waals surface area contributed by atoms with E-state index in [9.17, 15) is 71.9 Å². The quantitative estimate of drug-likeness (QED) is 0.0120. The number of imide groups is 4. The summed E-state index contributed by atoms with van der Waals surface area (Å²) in [5, 5.41) is 17.0. The minimum atomic E-state index is -0.724. The molecule has 13 rings (SSSR count). The lowest BCUT2D eigenvalue weighted by molar-refractivity contribution is -0.137. The second-order valence-electron chi connectivity index (χ2n) is 34.1. The first-order valence-electron chi connectivity index (χ1n) is 43.3. The van der Waals surface area contributed by atoms with Crippen LogP contribution in [0.1, 0.15) is 188 Å². The number of nitrogens with zero attached hydrogens (tertiary/aromatic N) is 8. The Kier molecular flexibility index (Phi) is 42.5. The van der Waals surface area contributed by atoms with Gasteiger partial charge in [-0.05, 0) is 198 Å². The first-order valence-corrected chi connectivity index (χ1v) is 44.1. The second kappa shape index (κ2) is 51.6. The molecule has 5 aliphatic rings. The van der Waals surface area contributed by atoms with E-state index >= 15 is 0 Å². The van der Waals surface area contributed by atoms with Gasteiger partial charge in [-0.2, -0.15) is 0 Å². The zero-order chi connectivity index (χ0) is 96.0. The number of nitrogens with two attached hydrogens (primary N) is 1. The molecule has 4 aromatic carbocycles. The molecule has 5 fully saturated rings. The van der Waals surface area contributed by atoms with E-state index in [0.717, 1.165) is 71.0 Å². The van der Waals surface area contributed by atoms with Gasteiger partial charge in [0, 0.05) is 117 Å². The van der Waals surface area contributed by atoms with Crippen molar-refractivity contribution in [3.63, 3.8) is 0 Å². The Morgan fingerprint density at radius 1 is 0.444 bits per heavy atom. The Hall–Kier alpha value is -12.4. The summed E-state index contributed by atoms with van der Waals surface area (Å²) in [7, 11) is 6.67. The lowest BCUT2D eigenvalue weighted by Crippen LogP contribution is -2.44. The number of rotatable bonds is 25. The van der Waals surface area contributed by atoms with Crippen molar-refractivity contribution in [3.8, 4) is 24.2 Å². The molecule has 0 radical (unpaired) electrons. The number of hydrogen-bond acceptors (Lipinski definition) is 25. The summed E-state index contributed by atoms with van der Waals surface area (Å²) in [5.74, 6) is 5.24. The number of hydrogen-bond donors (Lipinski definition) is 9. The van der Waals surface area contributed by atoms with E-state index in [2.05, 4.69) is 70.9 Å². The molecule has 11 amide bonds. The average molecular weight is 1920 g/mol. The van der Waals surface area contributed by atoms with Crippen LogP contribution >= 0.6 is 15.9 Å². The van der Waals surface area contributed by atoms with Gasteiger partial charge in [0.15, 0.2) is 0 Å². The summed E-state index contributed by atoms with van der Waals surface area (Å²) < 4.78 is 54.3. The van der Waals surface area contributed by atoms with Gasteiger partial charge in [0.25, 0.3) is 0 Å². The Morgan fingerprint density at radius 3 is 1.08 bits per heavy atom. The standard InChI is InChI=1S/C23H32N4O6.C23H28N4O6.C18H24N4O4.C13H12BrN3O3.C10H17NO3.C4H8O.CH4.H3N/c2*1-23(2,3)33-21(30)24-11-13-32-12-5-6-15-7-8-16-18(14-15)26(4)22(31)27(16)17-9-10-19(28)25-20(17)29;1-21-15-11-12(3-2-9-26-10-8-19)4-5-13(15)22(18(21)25)14-6-7-16(23)20-17(14)24;1-16-10-6-7(14)2-3-8(10)17(13(16)20)9-4-5-11(18)15-12(9)19;1-5-7-13-8-6-11-9(12)14-10(2,3)4;1-2-4-5-3-1;;/h7-8,14,17H,5-6,9-13H2,1-4H3,(H,24,30)(H,25,28,29);7-8,14,17H,9-13H2,1-4H3,(H,24,30)(H,25,28,29);4-5,11,14H,2-3,6-10,19H2,1H3,(H,20,23,24);2-3,6,9H,4-5H2,1H3,(H,15,18,19);1H,6-8H2,2-4H3,(H,11,12);1-4H2;1H4;1H3. The van der Waals surface area contributed by atoms with Gasteiger partial charge in [0.2, 0.25) is 47.3 Å². The summed E-state index contributed by atoms with van der Waals surface area (Å²) in [4.78, 5) is 179. The van der Waals surface area contributed by atoms with Crippen LogP contribution in [-0.2, 0) is 117 Å². The smallest absolute Gasteiger partial charge is 0.407 e. The Balaban J connectivity index is 0.000000257. The van der Waals surface area contributed by atoms with Gasteiger partial charge in [0.1, 0.15) is 54.2 Å². The molecule has 726 valence electrons. The van der Waals surface area contributed by atoms with Gasteiger partial charge in [-0.15, -0.1) is 6.42 Å². The molecule has 0 saturated carbocycles. The van der Waals surface area contributed by atoms with Crippen molar-refractivity contribution in [2.75, 3.05) is 92.2 Å². The van der Waals surface area contributed by atoms with Crippen LogP contribution in [0.3, 0.4) is 0 Å². The lowest BCUT2D eigenvalue weighted by Gasteiger charge is -2.21. The minimum Gasteiger partial charge on any atom is -0.444 e. The zero-order valence-corrected chi connectivity index (χ0v) is 78.8. The normalized spacial score (nSPS) is 16.5. The van der Waals surface area contributed by atoms with E-state index in [1.807, 2.05) is 69.3 Å². The third-order valence-electron chi connectivity index (χ3n) is 20.5. The zero-order valence-electron chi connectivity index (χ0n) is 77.2. The van der Waals surface area contributed by atoms with Gasteiger partial charge < -0.3 is 65.7 Å². The van der Waals surface area contributed by atoms with Crippen molar-refractivity contribution in [2.45, 2.75) is 201 Å². The second-order valence-corrected chi connectivity index (χ2v) is 35.0. The number of benzene rings is 4. The number of piperidine rings is 4. The number of amides is 11. The molecule has 0 aliphatic carbocycles. The monoisotopic (exact) mass is 1920 g/mol. The number of halogens is 1. The van der Waals surface area contributed by atoms with Crippen molar-refractivity contribution >= 4 is 126 Å². The fraction of sp³-hybridized carbons (Fsp3) is 0.533.